The fraction of sp³-hybridized carbons (Fsp3) is 0.278. The monoisotopic (exact) mass is 294 g/mol. The molecule has 0 aliphatic carbocycles. The van der Waals surface area contributed by atoms with Crippen molar-refractivity contribution in [2.75, 3.05) is 26.0 Å². The van der Waals surface area contributed by atoms with Crippen LogP contribution >= 0.6 is 0 Å². The Morgan fingerprint density at radius 1 is 1.09 bits per heavy atom. The molecule has 4 nitrogen and oxygen atoms in total. The molecule has 0 radical (unpaired) electrons. The van der Waals surface area contributed by atoms with E-state index < -0.39 is 0 Å². The van der Waals surface area contributed by atoms with Crippen molar-refractivity contribution < 1.29 is 0 Å². The second-order valence-electron chi connectivity index (χ2n) is 5.86. The highest BCUT2D eigenvalue weighted by Crippen LogP contribution is 2.17. The first-order valence-corrected chi connectivity index (χ1v) is 7.61. The average Bonchev–Trinajstić information content (AvgIpc) is 3.01. The first-order chi connectivity index (χ1) is 10.7. The Balaban J connectivity index is 1.63. The van der Waals surface area contributed by atoms with Crippen LogP contribution < -0.4 is 5.32 Å². The van der Waals surface area contributed by atoms with E-state index in [1.54, 1.807) is 0 Å². The summed E-state index contributed by atoms with van der Waals surface area (Å²) >= 11 is 0. The van der Waals surface area contributed by atoms with Gasteiger partial charge in [0.25, 0.3) is 0 Å². The minimum Gasteiger partial charge on any atom is -0.381 e. The lowest BCUT2D eigenvalue weighted by atomic mass is 10.1. The van der Waals surface area contributed by atoms with Crippen LogP contribution in [-0.4, -0.2) is 35.7 Å². The Bertz CT molecular complexity index is 728. The predicted octanol–water partition coefficient (Wildman–Crippen LogP) is 3.28. The van der Waals surface area contributed by atoms with Crippen LogP contribution in [0.5, 0.6) is 0 Å². The lowest BCUT2D eigenvalue weighted by Crippen LogP contribution is -2.14. The summed E-state index contributed by atoms with van der Waals surface area (Å²) in [5.41, 5.74) is 4.85. The number of fused-ring (bicyclic) bond motifs is 1. The zero-order valence-corrected chi connectivity index (χ0v) is 13.1. The molecule has 2 N–H and O–H groups in total. The van der Waals surface area contributed by atoms with E-state index in [0.717, 1.165) is 36.1 Å². The molecule has 1 heterocycles. The zero-order chi connectivity index (χ0) is 15.4. The normalized spacial score (nSPS) is 11.2. The lowest BCUT2D eigenvalue weighted by molar-refractivity contribution is 0.413. The number of nitrogens with one attached hydrogen (secondary N) is 2. The summed E-state index contributed by atoms with van der Waals surface area (Å²) < 4.78 is 0. The van der Waals surface area contributed by atoms with Gasteiger partial charge in [-0.3, -0.25) is 5.10 Å². The summed E-state index contributed by atoms with van der Waals surface area (Å²) in [5.74, 6) is 0. The van der Waals surface area contributed by atoms with E-state index >= 15 is 0 Å². The van der Waals surface area contributed by atoms with Gasteiger partial charge < -0.3 is 10.2 Å². The molecule has 3 rings (SSSR count). The van der Waals surface area contributed by atoms with Gasteiger partial charge in [0.1, 0.15) is 0 Å². The van der Waals surface area contributed by atoms with E-state index in [-0.39, 0.29) is 0 Å². The van der Waals surface area contributed by atoms with Crippen molar-refractivity contribution in [3.63, 3.8) is 0 Å². The molecule has 0 atom stereocenters. The van der Waals surface area contributed by atoms with Gasteiger partial charge in [0.2, 0.25) is 0 Å². The summed E-state index contributed by atoms with van der Waals surface area (Å²) in [4.78, 5) is 2.21. The van der Waals surface area contributed by atoms with Gasteiger partial charge >= 0.3 is 0 Å². The number of anilines is 1. The Hall–Kier alpha value is -2.33. The topological polar surface area (TPSA) is 44.0 Å². The van der Waals surface area contributed by atoms with Crippen LogP contribution in [0.15, 0.2) is 48.7 Å². The van der Waals surface area contributed by atoms with Crippen LogP contribution in [0.25, 0.3) is 10.9 Å². The number of benzene rings is 2. The molecule has 2 aromatic carbocycles. The Morgan fingerprint density at radius 2 is 1.91 bits per heavy atom. The third kappa shape index (κ3) is 3.46. The van der Waals surface area contributed by atoms with Crippen molar-refractivity contribution in [3.05, 3.63) is 59.8 Å². The number of likely N-dealkylation sites (N-methyl/N-ethyl adjacent to an activating group) is 1. The first kappa shape index (κ1) is 14.6. The van der Waals surface area contributed by atoms with E-state index in [0.29, 0.717) is 0 Å². The fourth-order valence-electron chi connectivity index (χ4n) is 2.52. The van der Waals surface area contributed by atoms with E-state index in [1.807, 2.05) is 6.20 Å². The molecule has 114 valence electrons. The van der Waals surface area contributed by atoms with Crippen molar-refractivity contribution in [2.45, 2.75) is 13.0 Å². The number of rotatable bonds is 6. The fourth-order valence-corrected chi connectivity index (χ4v) is 2.52. The summed E-state index contributed by atoms with van der Waals surface area (Å²) in [7, 11) is 4.21. The average molecular weight is 294 g/mol. The molecule has 1 aromatic heterocycles. The second kappa shape index (κ2) is 6.62. The lowest BCUT2D eigenvalue weighted by Gasteiger charge is -2.11. The maximum atomic E-state index is 4.11. The van der Waals surface area contributed by atoms with Crippen molar-refractivity contribution in [1.82, 2.24) is 15.1 Å². The Kier molecular flexibility index (Phi) is 4.39. The van der Waals surface area contributed by atoms with Gasteiger partial charge in [0.05, 0.1) is 11.7 Å². The van der Waals surface area contributed by atoms with Crippen LogP contribution in [0.1, 0.15) is 11.1 Å². The standard InChI is InChI=1S/C18H22N4/c1-22(2)11-10-14-6-8-17(9-7-14)19-12-15-4-3-5-16-13-20-21-18(15)16/h3-9,13,19H,10-12H2,1-2H3,(H,20,21). The van der Waals surface area contributed by atoms with Crippen molar-refractivity contribution in [2.24, 2.45) is 0 Å². The number of aromatic nitrogens is 2. The molecular formula is C18H22N4. The van der Waals surface area contributed by atoms with Gasteiger partial charge in [-0.05, 0) is 43.8 Å². The summed E-state index contributed by atoms with van der Waals surface area (Å²) in [6.45, 7) is 1.87. The molecule has 0 fully saturated rings. The molecule has 22 heavy (non-hydrogen) atoms. The minimum absolute atomic E-state index is 0.788. The number of aromatic amines is 1. The largest absolute Gasteiger partial charge is 0.381 e. The van der Waals surface area contributed by atoms with E-state index in [9.17, 15) is 0 Å². The zero-order valence-electron chi connectivity index (χ0n) is 13.1. The predicted molar refractivity (Wildman–Crippen MR) is 92.1 cm³/mol. The minimum atomic E-state index is 0.788. The molecule has 0 aliphatic heterocycles. The molecular weight excluding hydrogens is 272 g/mol. The van der Waals surface area contributed by atoms with Gasteiger partial charge in [-0.25, -0.2) is 0 Å². The van der Waals surface area contributed by atoms with Crippen LogP contribution in [0.3, 0.4) is 0 Å². The van der Waals surface area contributed by atoms with Gasteiger partial charge in [-0.15, -0.1) is 0 Å². The number of hydrogen-bond donors (Lipinski definition) is 2. The third-order valence-corrected chi connectivity index (χ3v) is 3.85. The quantitative estimate of drug-likeness (QED) is 0.733. The van der Waals surface area contributed by atoms with Gasteiger partial charge in [0, 0.05) is 24.2 Å². The smallest absolute Gasteiger partial charge is 0.0700 e. The van der Waals surface area contributed by atoms with Crippen LogP contribution in [0.4, 0.5) is 5.69 Å². The summed E-state index contributed by atoms with van der Waals surface area (Å²) in [6, 6.07) is 15.0. The number of nitrogens with zero attached hydrogens (tertiary/aromatic N) is 2. The second-order valence-corrected chi connectivity index (χ2v) is 5.86. The molecule has 0 saturated carbocycles. The van der Waals surface area contributed by atoms with Gasteiger partial charge in [-0.1, -0.05) is 30.3 Å². The van der Waals surface area contributed by atoms with Gasteiger partial charge in [-0.2, -0.15) is 5.10 Å². The van der Waals surface area contributed by atoms with Crippen molar-refractivity contribution >= 4 is 16.6 Å². The van der Waals surface area contributed by atoms with E-state index in [2.05, 4.69) is 77.0 Å². The van der Waals surface area contributed by atoms with Crippen LogP contribution in [0.2, 0.25) is 0 Å². The maximum Gasteiger partial charge on any atom is 0.0700 e. The van der Waals surface area contributed by atoms with Crippen LogP contribution in [0, 0.1) is 0 Å². The van der Waals surface area contributed by atoms with Crippen LogP contribution in [-0.2, 0) is 13.0 Å². The summed E-state index contributed by atoms with van der Waals surface area (Å²) in [6.07, 6.45) is 2.94. The molecule has 0 aliphatic rings. The SMILES string of the molecule is CN(C)CCc1ccc(NCc2cccc3cn[nH]c23)cc1. The van der Waals surface area contributed by atoms with Crippen molar-refractivity contribution in [3.8, 4) is 0 Å². The van der Waals surface area contributed by atoms with E-state index in [4.69, 9.17) is 0 Å². The molecule has 4 heteroatoms. The summed E-state index contributed by atoms with van der Waals surface area (Å²) in [5, 5.41) is 11.8. The molecule has 0 unspecified atom stereocenters. The molecule has 0 amide bonds. The number of hydrogen-bond acceptors (Lipinski definition) is 3. The molecule has 3 aromatic rings. The Morgan fingerprint density at radius 3 is 2.68 bits per heavy atom. The third-order valence-electron chi connectivity index (χ3n) is 3.85. The van der Waals surface area contributed by atoms with Crippen molar-refractivity contribution in [1.29, 1.82) is 0 Å². The highest BCUT2D eigenvalue weighted by molar-refractivity contribution is 5.81. The highest BCUT2D eigenvalue weighted by atomic mass is 15.1. The molecule has 0 saturated heterocycles. The first-order valence-electron chi connectivity index (χ1n) is 7.61. The van der Waals surface area contributed by atoms with Gasteiger partial charge in [0.15, 0.2) is 0 Å². The Labute approximate surface area is 131 Å². The van der Waals surface area contributed by atoms with E-state index in [1.165, 1.54) is 11.1 Å². The molecule has 0 spiro atoms. The number of H-pyrrole nitrogens is 1. The number of para-hydroxylation sites is 1. The maximum absolute atomic E-state index is 4.11. The molecule has 0 bridgehead atoms. The highest BCUT2D eigenvalue weighted by Gasteiger charge is 2.02.